The van der Waals surface area contributed by atoms with Crippen LogP contribution in [0.2, 0.25) is 5.02 Å². The molecule has 2 N–H and O–H groups in total. The molecule has 1 heterocycles. The van der Waals surface area contributed by atoms with Gasteiger partial charge in [-0.05, 0) is 35.0 Å². The van der Waals surface area contributed by atoms with Crippen molar-refractivity contribution < 1.29 is 9.18 Å². The molecule has 4 nitrogen and oxygen atoms in total. The van der Waals surface area contributed by atoms with E-state index in [0.29, 0.717) is 5.69 Å². The zero-order valence-electron chi connectivity index (χ0n) is 13.5. The summed E-state index contributed by atoms with van der Waals surface area (Å²) in [7, 11) is 0. The fraction of sp³-hybridized carbons (Fsp3) is 0. The van der Waals surface area contributed by atoms with Crippen LogP contribution in [-0.2, 0) is 0 Å². The lowest BCUT2D eigenvalue weighted by molar-refractivity contribution is 0.102. The predicted octanol–water partition coefficient (Wildman–Crippen LogP) is 5.27. The number of rotatable bonds is 3. The Bertz CT molecular complexity index is 1120. The maximum atomic E-state index is 13.3. The number of anilines is 1. The third-order valence-electron chi connectivity index (χ3n) is 4.06. The molecule has 3 aromatic carbocycles. The molecule has 0 atom stereocenters. The zero-order chi connectivity index (χ0) is 18.1. The summed E-state index contributed by atoms with van der Waals surface area (Å²) in [5, 5.41) is 11.9. The Morgan fingerprint density at radius 2 is 1.85 bits per heavy atom. The SMILES string of the molecule is O=C(Nc1cc(F)ccc1Cl)c1cc(-c2cccc3ccccc23)n[nH]1. The second-order valence-electron chi connectivity index (χ2n) is 5.77. The summed E-state index contributed by atoms with van der Waals surface area (Å²) in [6.45, 7) is 0. The van der Waals surface area contributed by atoms with Crippen molar-refractivity contribution >= 4 is 34.0 Å². The van der Waals surface area contributed by atoms with Gasteiger partial charge < -0.3 is 5.32 Å². The normalized spacial score (nSPS) is 10.8. The first-order valence-corrected chi connectivity index (χ1v) is 8.29. The molecule has 1 aromatic heterocycles. The molecule has 0 bridgehead atoms. The van der Waals surface area contributed by atoms with E-state index in [-0.39, 0.29) is 16.4 Å². The molecule has 6 heteroatoms. The van der Waals surface area contributed by atoms with Gasteiger partial charge in [-0.3, -0.25) is 9.89 Å². The molecule has 0 aliphatic carbocycles. The number of H-pyrrole nitrogens is 1. The number of aromatic nitrogens is 2. The number of nitrogens with zero attached hydrogens (tertiary/aromatic N) is 1. The summed E-state index contributed by atoms with van der Waals surface area (Å²) in [6.07, 6.45) is 0. The van der Waals surface area contributed by atoms with Crippen molar-refractivity contribution in [1.82, 2.24) is 10.2 Å². The maximum absolute atomic E-state index is 13.3. The Balaban J connectivity index is 1.65. The van der Waals surface area contributed by atoms with Crippen LogP contribution in [0.15, 0.2) is 66.7 Å². The molecule has 0 saturated carbocycles. The van der Waals surface area contributed by atoms with Crippen molar-refractivity contribution in [2.75, 3.05) is 5.32 Å². The molecule has 26 heavy (non-hydrogen) atoms. The Kier molecular flexibility index (Phi) is 4.14. The first-order valence-electron chi connectivity index (χ1n) is 7.92. The van der Waals surface area contributed by atoms with E-state index in [0.717, 1.165) is 16.3 Å². The maximum Gasteiger partial charge on any atom is 0.273 e. The highest BCUT2D eigenvalue weighted by molar-refractivity contribution is 6.33. The van der Waals surface area contributed by atoms with E-state index in [9.17, 15) is 9.18 Å². The topological polar surface area (TPSA) is 57.8 Å². The molecule has 0 spiro atoms. The van der Waals surface area contributed by atoms with Crippen molar-refractivity contribution in [3.8, 4) is 11.3 Å². The highest BCUT2D eigenvalue weighted by atomic mass is 35.5. The number of carbonyl (C=O) groups is 1. The molecule has 0 aliphatic heterocycles. The van der Waals surface area contributed by atoms with Crippen LogP contribution in [0.1, 0.15) is 10.5 Å². The lowest BCUT2D eigenvalue weighted by atomic mass is 10.0. The number of carbonyl (C=O) groups excluding carboxylic acids is 1. The number of halogens is 2. The summed E-state index contributed by atoms with van der Waals surface area (Å²) >= 11 is 5.99. The van der Waals surface area contributed by atoms with Gasteiger partial charge in [0.15, 0.2) is 0 Å². The van der Waals surface area contributed by atoms with E-state index in [1.807, 2.05) is 42.5 Å². The van der Waals surface area contributed by atoms with Crippen molar-refractivity contribution in [2.24, 2.45) is 0 Å². The highest BCUT2D eigenvalue weighted by Crippen LogP contribution is 2.28. The van der Waals surface area contributed by atoms with Crippen LogP contribution in [-0.4, -0.2) is 16.1 Å². The molecule has 0 aliphatic rings. The first kappa shape index (κ1) is 16.3. The number of aromatic amines is 1. The quantitative estimate of drug-likeness (QED) is 0.519. The van der Waals surface area contributed by atoms with Crippen LogP contribution in [0.4, 0.5) is 10.1 Å². The molecular weight excluding hydrogens is 353 g/mol. The minimum atomic E-state index is -0.481. The van der Waals surface area contributed by atoms with Gasteiger partial charge in [0.05, 0.1) is 16.4 Å². The molecule has 128 valence electrons. The van der Waals surface area contributed by atoms with E-state index in [2.05, 4.69) is 15.5 Å². The zero-order valence-corrected chi connectivity index (χ0v) is 14.2. The van der Waals surface area contributed by atoms with Crippen LogP contribution >= 0.6 is 11.6 Å². The van der Waals surface area contributed by atoms with Gasteiger partial charge in [0.1, 0.15) is 11.5 Å². The Labute approximate surface area is 153 Å². The fourth-order valence-corrected chi connectivity index (χ4v) is 2.97. The fourth-order valence-electron chi connectivity index (χ4n) is 2.81. The van der Waals surface area contributed by atoms with Gasteiger partial charge in [-0.15, -0.1) is 0 Å². The van der Waals surface area contributed by atoms with Gasteiger partial charge in [-0.1, -0.05) is 54.1 Å². The molecule has 0 saturated heterocycles. The van der Waals surface area contributed by atoms with Crippen LogP contribution in [0.5, 0.6) is 0 Å². The number of nitrogens with one attached hydrogen (secondary N) is 2. The minimum absolute atomic E-state index is 0.206. The highest BCUT2D eigenvalue weighted by Gasteiger charge is 2.14. The summed E-state index contributed by atoms with van der Waals surface area (Å²) in [6, 6.07) is 19.3. The average molecular weight is 366 g/mol. The summed E-state index contributed by atoms with van der Waals surface area (Å²) in [4.78, 5) is 12.4. The van der Waals surface area contributed by atoms with Crippen LogP contribution in [0, 0.1) is 5.82 Å². The second-order valence-corrected chi connectivity index (χ2v) is 6.18. The molecule has 4 rings (SSSR count). The standard InChI is InChI=1S/C20H13ClFN3O/c21-16-9-8-13(22)10-18(16)23-20(26)19-11-17(24-25-19)15-7-3-5-12-4-1-2-6-14(12)15/h1-11H,(H,23,26)(H,24,25). The summed E-state index contributed by atoms with van der Waals surface area (Å²) < 4.78 is 13.3. The molecular formula is C20H13ClFN3O. The van der Waals surface area contributed by atoms with Crippen molar-refractivity contribution in [3.05, 3.63) is 83.3 Å². The number of hydrogen-bond donors (Lipinski definition) is 2. The number of hydrogen-bond acceptors (Lipinski definition) is 2. The van der Waals surface area contributed by atoms with Gasteiger partial charge in [-0.25, -0.2) is 4.39 Å². The Morgan fingerprint density at radius 1 is 1.04 bits per heavy atom. The summed E-state index contributed by atoms with van der Waals surface area (Å²) in [5.74, 6) is -0.928. The monoisotopic (exact) mass is 365 g/mol. The van der Waals surface area contributed by atoms with Crippen LogP contribution in [0.3, 0.4) is 0 Å². The van der Waals surface area contributed by atoms with Gasteiger partial charge >= 0.3 is 0 Å². The molecule has 0 radical (unpaired) electrons. The van der Waals surface area contributed by atoms with Crippen LogP contribution < -0.4 is 5.32 Å². The number of amides is 1. The molecule has 0 unspecified atom stereocenters. The third-order valence-corrected chi connectivity index (χ3v) is 4.39. The third kappa shape index (κ3) is 3.05. The van der Waals surface area contributed by atoms with Crippen molar-refractivity contribution in [1.29, 1.82) is 0 Å². The van der Waals surface area contributed by atoms with E-state index < -0.39 is 11.7 Å². The lowest BCUT2D eigenvalue weighted by Crippen LogP contribution is -2.12. The van der Waals surface area contributed by atoms with Gasteiger partial charge in [0.2, 0.25) is 0 Å². The van der Waals surface area contributed by atoms with Crippen LogP contribution in [0.25, 0.3) is 22.0 Å². The minimum Gasteiger partial charge on any atom is -0.319 e. The Hall–Kier alpha value is -3.18. The Morgan fingerprint density at radius 3 is 2.73 bits per heavy atom. The van der Waals surface area contributed by atoms with E-state index in [1.165, 1.54) is 18.2 Å². The second kappa shape index (κ2) is 6.61. The number of fused-ring (bicyclic) bond motifs is 1. The van der Waals surface area contributed by atoms with E-state index in [4.69, 9.17) is 11.6 Å². The largest absolute Gasteiger partial charge is 0.319 e. The molecule has 0 fully saturated rings. The van der Waals surface area contributed by atoms with Gasteiger partial charge in [0.25, 0.3) is 5.91 Å². The van der Waals surface area contributed by atoms with Gasteiger partial charge in [0, 0.05) is 5.56 Å². The average Bonchev–Trinajstić information content (AvgIpc) is 3.14. The van der Waals surface area contributed by atoms with Crippen molar-refractivity contribution in [2.45, 2.75) is 0 Å². The van der Waals surface area contributed by atoms with Gasteiger partial charge in [-0.2, -0.15) is 5.10 Å². The smallest absolute Gasteiger partial charge is 0.273 e. The first-order chi connectivity index (χ1) is 12.6. The summed E-state index contributed by atoms with van der Waals surface area (Å²) in [5.41, 5.74) is 2.03. The lowest BCUT2D eigenvalue weighted by Gasteiger charge is -2.05. The molecule has 1 amide bonds. The molecule has 4 aromatic rings. The van der Waals surface area contributed by atoms with E-state index >= 15 is 0 Å². The number of benzene rings is 3. The van der Waals surface area contributed by atoms with E-state index in [1.54, 1.807) is 6.07 Å². The predicted molar refractivity (Wildman–Crippen MR) is 101 cm³/mol. The van der Waals surface area contributed by atoms with Crippen molar-refractivity contribution in [3.63, 3.8) is 0 Å².